The average molecular weight is 288 g/mol. The minimum absolute atomic E-state index is 0.163. The largest absolute Gasteiger partial charge is 0.356 e. The first-order chi connectivity index (χ1) is 8.54. The minimum Gasteiger partial charge on any atom is -0.356 e. The molecule has 1 atom stereocenters. The molecule has 1 aromatic carbocycles. The van der Waals surface area contributed by atoms with Crippen molar-refractivity contribution in [2.75, 3.05) is 18.1 Å². The molecule has 1 N–H and O–H groups in total. The molecule has 0 saturated heterocycles. The molecule has 18 heavy (non-hydrogen) atoms. The fourth-order valence-electron chi connectivity index (χ4n) is 1.36. The Morgan fingerprint density at radius 1 is 1.28 bits per heavy atom. The van der Waals surface area contributed by atoms with Gasteiger partial charge in [-0.2, -0.15) is 0 Å². The predicted molar refractivity (Wildman–Crippen MR) is 72.3 cm³/mol. The number of hydrogen-bond acceptors (Lipinski definition) is 3. The van der Waals surface area contributed by atoms with Gasteiger partial charge in [0.15, 0.2) is 5.78 Å². The van der Waals surface area contributed by atoms with Crippen LogP contribution in [0.2, 0.25) is 5.02 Å². The molecule has 0 aromatic heterocycles. The lowest BCUT2D eigenvalue weighted by molar-refractivity contribution is -0.118. The third kappa shape index (κ3) is 4.58. The molecule has 98 valence electrons. The van der Waals surface area contributed by atoms with E-state index >= 15 is 0 Å². The number of rotatable bonds is 6. The molecule has 0 aliphatic rings. The van der Waals surface area contributed by atoms with Crippen LogP contribution in [0.15, 0.2) is 24.3 Å². The topological polar surface area (TPSA) is 63.2 Å². The molecule has 0 bridgehead atoms. The molecule has 0 heterocycles. The van der Waals surface area contributed by atoms with Crippen LogP contribution in [0.3, 0.4) is 0 Å². The van der Waals surface area contributed by atoms with Crippen molar-refractivity contribution >= 4 is 34.1 Å². The molecule has 1 rings (SSSR count). The standard InChI is InChI=1S/C12H14ClNO3S/c1-2-14-12(16)8-18(17)7-11(15)9-5-3-4-6-10(9)13/h3-6H,2,7-8H2,1H3,(H,14,16). The van der Waals surface area contributed by atoms with Crippen molar-refractivity contribution in [3.05, 3.63) is 34.9 Å². The summed E-state index contributed by atoms with van der Waals surface area (Å²) in [5.41, 5.74) is 0.336. The van der Waals surface area contributed by atoms with E-state index in [1.54, 1.807) is 31.2 Å². The maximum Gasteiger partial charge on any atom is 0.232 e. The molecule has 0 radical (unpaired) electrons. The van der Waals surface area contributed by atoms with E-state index in [1.807, 2.05) is 0 Å². The SMILES string of the molecule is CCNC(=O)CS(=O)CC(=O)c1ccccc1Cl. The van der Waals surface area contributed by atoms with Crippen molar-refractivity contribution in [3.8, 4) is 0 Å². The quantitative estimate of drug-likeness (QED) is 0.805. The molecular weight excluding hydrogens is 274 g/mol. The van der Waals surface area contributed by atoms with E-state index in [0.717, 1.165) is 0 Å². The number of ketones is 1. The summed E-state index contributed by atoms with van der Waals surface area (Å²) in [6.07, 6.45) is 0. The van der Waals surface area contributed by atoms with Crippen LogP contribution in [0.25, 0.3) is 0 Å². The van der Waals surface area contributed by atoms with Crippen LogP contribution in [0.5, 0.6) is 0 Å². The maximum atomic E-state index is 11.8. The first-order valence-electron chi connectivity index (χ1n) is 5.44. The van der Waals surface area contributed by atoms with Crippen LogP contribution in [-0.4, -0.2) is 33.9 Å². The summed E-state index contributed by atoms with van der Waals surface area (Å²) in [6.45, 7) is 2.25. The van der Waals surface area contributed by atoms with Crippen LogP contribution in [0, 0.1) is 0 Å². The van der Waals surface area contributed by atoms with Gasteiger partial charge in [0, 0.05) is 22.9 Å². The van der Waals surface area contributed by atoms with Crippen LogP contribution in [0.1, 0.15) is 17.3 Å². The smallest absolute Gasteiger partial charge is 0.232 e. The second-order valence-corrected chi connectivity index (χ2v) is 5.45. The van der Waals surface area contributed by atoms with E-state index in [2.05, 4.69) is 5.32 Å². The van der Waals surface area contributed by atoms with Crippen molar-refractivity contribution in [3.63, 3.8) is 0 Å². The van der Waals surface area contributed by atoms with E-state index in [4.69, 9.17) is 11.6 Å². The third-order valence-electron chi connectivity index (χ3n) is 2.13. The van der Waals surface area contributed by atoms with Gasteiger partial charge < -0.3 is 5.32 Å². The van der Waals surface area contributed by atoms with Gasteiger partial charge in [0.1, 0.15) is 5.75 Å². The van der Waals surface area contributed by atoms with E-state index in [1.165, 1.54) is 0 Å². The molecule has 4 nitrogen and oxygen atoms in total. The summed E-state index contributed by atoms with van der Waals surface area (Å²) in [7, 11) is -1.51. The Labute approximate surface area is 113 Å². The van der Waals surface area contributed by atoms with Crippen LogP contribution in [-0.2, 0) is 15.6 Å². The van der Waals surface area contributed by atoms with Gasteiger partial charge in [0.05, 0.1) is 10.8 Å². The Hall–Kier alpha value is -1.20. The number of amides is 1. The minimum atomic E-state index is -1.51. The molecule has 0 spiro atoms. The molecule has 0 saturated carbocycles. The molecule has 0 fully saturated rings. The highest BCUT2D eigenvalue weighted by atomic mass is 35.5. The van der Waals surface area contributed by atoms with Gasteiger partial charge in [-0.1, -0.05) is 23.7 Å². The Morgan fingerprint density at radius 3 is 2.56 bits per heavy atom. The van der Waals surface area contributed by atoms with Gasteiger partial charge in [-0.3, -0.25) is 13.8 Å². The predicted octanol–water partition coefficient (Wildman–Crippen LogP) is 1.41. The second-order valence-electron chi connectivity index (χ2n) is 3.59. The van der Waals surface area contributed by atoms with Gasteiger partial charge >= 0.3 is 0 Å². The van der Waals surface area contributed by atoms with Crippen LogP contribution in [0.4, 0.5) is 0 Å². The Balaban J connectivity index is 2.58. The van der Waals surface area contributed by atoms with Gasteiger partial charge in [0.2, 0.25) is 5.91 Å². The van der Waals surface area contributed by atoms with Gasteiger partial charge in [0.25, 0.3) is 0 Å². The van der Waals surface area contributed by atoms with Crippen molar-refractivity contribution in [1.29, 1.82) is 0 Å². The van der Waals surface area contributed by atoms with Crippen molar-refractivity contribution in [2.24, 2.45) is 0 Å². The zero-order valence-electron chi connectivity index (χ0n) is 9.94. The number of nitrogens with one attached hydrogen (secondary N) is 1. The number of halogens is 1. The molecule has 0 aliphatic carbocycles. The van der Waals surface area contributed by atoms with Crippen molar-refractivity contribution < 1.29 is 13.8 Å². The summed E-state index contributed by atoms with van der Waals surface area (Å²) in [6, 6.07) is 6.58. The molecule has 1 amide bonds. The summed E-state index contributed by atoms with van der Waals surface area (Å²) in [5, 5.41) is 2.86. The number of carbonyl (C=O) groups excluding carboxylic acids is 2. The van der Waals surface area contributed by atoms with Gasteiger partial charge in [-0.15, -0.1) is 0 Å². The van der Waals surface area contributed by atoms with E-state index in [9.17, 15) is 13.8 Å². The third-order valence-corrected chi connectivity index (χ3v) is 3.63. The van der Waals surface area contributed by atoms with Gasteiger partial charge in [-0.25, -0.2) is 0 Å². The number of carbonyl (C=O) groups is 2. The number of hydrogen-bond donors (Lipinski definition) is 1. The fourth-order valence-corrected chi connectivity index (χ4v) is 2.54. The Bertz CT molecular complexity index is 476. The molecule has 0 aliphatic heterocycles. The van der Waals surface area contributed by atoms with Gasteiger partial charge in [-0.05, 0) is 19.1 Å². The summed E-state index contributed by atoms with van der Waals surface area (Å²) < 4.78 is 11.6. The Kier molecular flexibility index (Phi) is 6.01. The van der Waals surface area contributed by atoms with Crippen molar-refractivity contribution in [1.82, 2.24) is 5.32 Å². The highest BCUT2D eigenvalue weighted by Gasteiger charge is 2.15. The zero-order valence-corrected chi connectivity index (χ0v) is 11.5. The zero-order chi connectivity index (χ0) is 13.5. The summed E-state index contributed by atoms with van der Waals surface area (Å²) in [4.78, 5) is 23.0. The molecule has 1 aromatic rings. The molecular formula is C12H14ClNO3S. The summed E-state index contributed by atoms with van der Waals surface area (Å²) in [5.74, 6) is -0.990. The monoisotopic (exact) mass is 287 g/mol. The first-order valence-corrected chi connectivity index (χ1v) is 7.30. The first kappa shape index (κ1) is 14.9. The van der Waals surface area contributed by atoms with Crippen molar-refractivity contribution in [2.45, 2.75) is 6.92 Å². The number of Topliss-reactive ketones (excluding diaryl/α,β-unsaturated/α-hetero) is 1. The normalized spacial score (nSPS) is 11.9. The molecule has 6 heteroatoms. The second kappa shape index (κ2) is 7.28. The Morgan fingerprint density at radius 2 is 1.94 bits per heavy atom. The highest BCUT2D eigenvalue weighted by molar-refractivity contribution is 7.86. The van der Waals surface area contributed by atoms with E-state index in [-0.39, 0.29) is 23.2 Å². The van der Waals surface area contributed by atoms with E-state index < -0.39 is 10.8 Å². The average Bonchev–Trinajstić information content (AvgIpc) is 2.29. The lowest BCUT2D eigenvalue weighted by Crippen LogP contribution is -2.29. The number of benzene rings is 1. The lowest BCUT2D eigenvalue weighted by Gasteiger charge is -2.04. The van der Waals surface area contributed by atoms with E-state index in [0.29, 0.717) is 17.1 Å². The maximum absolute atomic E-state index is 11.8. The summed E-state index contributed by atoms with van der Waals surface area (Å²) >= 11 is 5.86. The van der Waals surface area contributed by atoms with Crippen LogP contribution >= 0.6 is 11.6 Å². The highest BCUT2D eigenvalue weighted by Crippen LogP contribution is 2.15. The lowest BCUT2D eigenvalue weighted by atomic mass is 10.1. The van der Waals surface area contributed by atoms with Crippen LogP contribution < -0.4 is 5.32 Å². The molecule has 1 unspecified atom stereocenters. The fraction of sp³-hybridized carbons (Fsp3) is 0.333.